The summed E-state index contributed by atoms with van der Waals surface area (Å²) in [4.78, 5) is 43.4. The average Bonchev–Trinajstić information content (AvgIpc) is 2.62. The normalized spacial score (nSPS) is 11.4. The molecule has 0 aliphatic rings. The molecule has 0 fully saturated rings. The summed E-state index contributed by atoms with van der Waals surface area (Å²) in [6.07, 6.45) is 4.32. The van der Waals surface area contributed by atoms with E-state index in [9.17, 15) is 14.4 Å². The van der Waals surface area contributed by atoms with Crippen LogP contribution in [0.3, 0.4) is 0 Å². The van der Waals surface area contributed by atoms with Gasteiger partial charge in [0.25, 0.3) is 0 Å². The van der Waals surface area contributed by atoms with Crippen LogP contribution in [0.2, 0.25) is 0 Å². The molecule has 1 atom stereocenters. The van der Waals surface area contributed by atoms with Gasteiger partial charge in [-0.25, -0.2) is 9.78 Å². The number of ketones is 1. The highest BCUT2D eigenvalue weighted by atomic mass is 16.5. The van der Waals surface area contributed by atoms with Crippen LogP contribution in [-0.2, 0) is 9.53 Å². The Labute approximate surface area is 145 Å². The third-order valence-electron chi connectivity index (χ3n) is 3.36. The first-order chi connectivity index (χ1) is 12.0. The maximum atomic E-state index is 12.3. The number of carbonyl (C=O) groups excluding carboxylic acids is 3. The molecule has 0 aliphatic heterocycles. The van der Waals surface area contributed by atoms with Gasteiger partial charge in [-0.15, -0.1) is 0 Å². The Morgan fingerprint density at radius 3 is 2.48 bits per heavy atom. The number of carbonyl (C=O) groups is 3. The van der Waals surface area contributed by atoms with E-state index >= 15 is 0 Å². The second kappa shape index (κ2) is 8.68. The van der Waals surface area contributed by atoms with Crippen LogP contribution in [0, 0.1) is 0 Å². The SMILES string of the molecule is CCCC(=O)Nc1ccc(C(=O)C(C)OC(=O)c2cnccn2)cc1. The van der Waals surface area contributed by atoms with Crippen molar-refractivity contribution in [1.82, 2.24) is 9.97 Å². The Kier molecular flexibility index (Phi) is 6.33. The monoisotopic (exact) mass is 341 g/mol. The number of ether oxygens (including phenoxy) is 1. The van der Waals surface area contributed by atoms with Gasteiger partial charge in [-0.3, -0.25) is 14.6 Å². The van der Waals surface area contributed by atoms with E-state index in [1.165, 1.54) is 25.5 Å². The first-order valence-electron chi connectivity index (χ1n) is 7.92. The molecule has 2 aromatic rings. The van der Waals surface area contributed by atoms with Crippen LogP contribution in [0.4, 0.5) is 5.69 Å². The quantitative estimate of drug-likeness (QED) is 0.614. The van der Waals surface area contributed by atoms with Crippen LogP contribution in [0.5, 0.6) is 0 Å². The number of nitrogens with zero attached hydrogens (tertiary/aromatic N) is 2. The summed E-state index contributed by atoms with van der Waals surface area (Å²) >= 11 is 0. The third-order valence-corrected chi connectivity index (χ3v) is 3.36. The molecule has 0 bridgehead atoms. The van der Waals surface area contributed by atoms with Crippen molar-refractivity contribution in [3.63, 3.8) is 0 Å². The van der Waals surface area contributed by atoms with Crippen molar-refractivity contribution in [3.8, 4) is 0 Å². The Balaban J connectivity index is 1.97. The van der Waals surface area contributed by atoms with E-state index in [0.29, 0.717) is 17.7 Å². The summed E-state index contributed by atoms with van der Waals surface area (Å²) in [5.74, 6) is -1.13. The first-order valence-corrected chi connectivity index (χ1v) is 7.92. The molecule has 0 spiro atoms. The molecule has 7 nitrogen and oxygen atoms in total. The molecule has 1 amide bonds. The van der Waals surface area contributed by atoms with Crippen LogP contribution in [0.25, 0.3) is 0 Å². The van der Waals surface area contributed by atoms with Crippen LogP contribution in [0.15, 0.2) is 42.9 Å². The van der Waals surface area contributed by atoms with Crippen LogP contribution in [-0.4, -0.2) is 33.7 Å². The number of hydrogen-bond acceptors (Lipinski definition) is 6. The molecule has 0 saturated heterocycles. The molecule has 7 heteroatoms. The lowest BCUT2D eigenvalue weighted by Gasteiger charge is -2.12. The fourth-order valence-electron chi connectivity index (χ4n) is 2.08. The van der Waals surface area contributed by atoms with Crippen molar-refractivity contribution in [2.75, 3.05) is 5.32 Å². The van der Waals surface area contributed by atoms with Crippen molar-refractivity contribution < 1.29 is 19.1 Å². The Bertz CT molecular complexity index is 745. The van der Waals surface area contributed by atoms with Crippen LogP contribution < -0.4 is 5.32 Å². The van der Waals surface area contributed by atoms with Crippen molar-refractivity contribution >= 4 is 23.3 Å². The lowest BCUT2D eigenvalue weighted by molar-refractivity contribution is -0.116. The number of amides is 1. The predicted octanol–water partition coefficient (Wildman–Crippen LogP) is 2.64. The van der Waals surface area contributed by atoms with Gasteiger partial charge in [0.2, 0.25) is 11.7 Å². The maximum Gasteiger partial charge on any atom is 0.359 e. The van der Waals surface area contributed by atoms with E-state index in [1.54, 1.807) is 24.3 Å². The highest BCUT2D eigenvalue weighted by Crippen LogP contribution is 2.13. The van der Waals surface area contributed by atoms with Gasteiger partial charge < -0.3 is 10.1 Å². The third kappa shape index (κ3) is 5.20. The van der Waals surface area contributed by atoms with E-state index in [0.717, 1.165) is 6.42 Å². The lowest BCUT2D eigenvalue weighted by Crippen LogP contribution is -2.25. The Morgan fingerprint density at radius 2 is 1.88 bits per heavy atom. The number of nitrogens with one attached hydrogen (secondary N) is 1. The van der Waals surface area contributed by atoms with Crippen molar-refractivity contribution in [2.45, 2.75) is 32.8 Å². The molecular weight excluding hydrogens is 322 g/mol. The van der Waals surface area contributed by atoms with Gasteiger partial charge in [0.15, 0.2) is 11.8 Å². The minimum atomic E-state index is -0.963. The van der Waals surface area contributed by atoms with Crippen molar-refractivity contribution in [1.29, 1.82) is 0 Å². The Morgan fingerprint density at radius 1 is 1.16 bits per heavy atom. The molecule has 1 N–H and O–H groups in total. The minimum absolute atomic E-state index is 0.0381. The second-order valence-corrected chi connectivity index (χ2v) is 5.38. The van der Waals surface area contributed by atoms with E-state index in [4.69, 9.17) is 4.74 Å². The van der Waals surface area contributed by atoms with Crippen molar-refractivity contribution in [3.05, 3.63) is 54.1 Å². The largest absolute Gasteiger partial charge is 0.449 e. The summed E-state index contributed by atoms with van der Waals surface area (Å²) in [6.45, 7) is 3.42. The van der Waals surface area contributed by atoms with Gasteiger partial charge in [0.1, 0.15) is 0 Å². The minimum Gasteiger partial charge on any atom is -0.449 e. The summed E-state index contributed by atoms with van der Waals surface area (Å²) in [5.41, 5.74) is 1.03. The molecule has 0 aliphatic carbocycles. The summed E-state index contributed by atoms with van der Waals surface area (Å²) in [7, 11) is 0. The van der Waals surface area contributed by atoms with Crippen LogP contribution >= 0.6 is 0 Å². The molecule has 1 heterocycles. The lowest BCUT2D eigenvalue weighted by atomic mass is 10.1. The van der Waals surface area contributed by atoms with Gasteiger partial charge in [-0.1, -0.05) is 6.92 Å². The highest BCUT2D eigenvalue weighted by Gasteiger charge is 2.21. The maximum absolute atomic E-state index is 12.3. The molecular formula is C18H19N3O4. The molecule has 0 radical (unpaired) electrons. The number of anilines is 1. The zero-order chi connectivity index (χ0) is 18.2. The Hall–Kier alpha value is -3.09. The molecule has 1 aromatic carbocycles. The molecule has 2 rings (SSSR count). The highest BCUT2D eigenvalue weighted by molar-refractivity contribution is 6.01. The number of Topliss-reactive ketones (excluding diaryl/α,β-unsaturated/α-hetero) is 1. The molecule has 25 heavy (non-hydrogen) atoms. The first kappa shape index (κ1) is 18.3. The zero-order valence-electron chi connectivity index (χ0n) is 14.1. The molecule has 1 unspecified atom stereocenters. The van der Waals surface area contributed by atoms with E-state index in [1.807, 2.05) is 6.92 Å². The average molecular weight is 341 g/mol. The van der Waals surface area contributed by atoms with Gasteiger partial charge >= 0.3 is 5.97 Å². The molecule has 0 saturated carbocycles. The summed E-state index contributed by atoms with van der Waals surface area (Å²) in [6, 6.07) is 6.43. The van der Waals surface area contributed by atoms with Crippen LogP contribution in [0.1, 0.15) is 47.5 Å². The number of rotatable bonds is 7. The van der Waals surface area contributed by atoms with Crippen molar-refractivity contribution in [2.24, 2.45) is 0 Å². The van der Waals surface area contributed by atoms with E-state index < -0.39 is 12.1 Å². The number of hydrogen-bond donors (Lipinski definition) is 1. The number of benzene rings is 1. The predicted molar refractivity (Wildman–Crippen MR) is 91.2 cm³/mol. The van der Waals surface area contributed by atoms with Gasteiger partial charge in [-0.2, -0.15) is 0 Å². The van der Waals surface area contributed by atoms with E-state index in [2.05, 4.69) is 15.3 Å². The fourth-order valence-corrected chi connectivity index (χ4v) is 2.08. The molecule has 1 aromatic heterocycles. The number of esters is 1. The van der Waals surface area contributed by atoms with Gasteiger partial charge in [0, 0.05) is 30.1 Å². The van der Waals surface area contributed by atoms with E-state index in [-0.39, 0.29) is 17.4 Å². The summed E-state index contributed by atoms with van der Waals surface area (Å²) < 4.78 is 5.12. The summed E-state index contributed by atoms with van der Waals surface area (Å²) in [5, 5.41) is 2.74. The second-order valence-electron chi connectivity index (χ2n) is 5.38. The zero-order valence-corrected chi connectivity index (χ0v) is 14.1. The van der Waals surface area contributed by atoms with Gasteiger partial charge in [0.05, 0.1) is 6.20 Å². The topological polar surface area (TPSA) is 98.2 Å². The smallest absolute Gasteiger partial charge is 0.359 e. The standard InChI is InChI=1S/C18H19N3O4/c1-3-4-16(22)21-14-7-5-13(6-8-14)17(23)12(2)25-18(24)15-11-19-9-10-20-15/h5-12H,3-4H2,1-2H3,(H,21,22). The fraction of sp³-hybridized carbons (Fsp3) is 0.278. The number of aromatic nitrogens is 2. The molecule has 130 valence electrons. The van der Waals surface area contributed by atoms with Gasteiger partial charge in [-0.05, 0) is 37.6 Å².